The molecule has 1 N–H and O–H groups in total. The molecule has 1 unspecified atom stereocenters. The molecule has 2 heterocycles. The van der Waals surface area contributed by atoms with Gasteiger partial charge in [0.25, 0.3) is 0 Å². The number of piperazine rings is 1. The lowest BCUT2D eigenvalue weighted by Gasteiger charge is -2.45. The van der Waals surface area contributed by atoms with Crippen molar-refractivity contribution < 1.29 is 4.79 Å². The van der Waals surface area contributed by atoms with Crippen LogP contribution in [0.3, 0.4) is 0 Å². The third-order valence-corrected chi connectivity index (χ3v) is 5.68. The monoisotopic (exact) mass is 357 g/mol. The van der Waals surface area contributed by atoms with Gasteiger partial charge in [0.05, 0.1) is 0 Å². The van der Waals surface area contributed by atoms with E-state index < -0.39 is 0 Å². The van der Waals surface area contributed by atoms with Gasteiger partial charge in [-0.05, 0) is 61.9 Å². The van der Waals surface area contributed by atoms with Crippen molar-refractivity contribution in [2.75, 3.05) is 36.4 Å². The maximum absolute atomic E-state index is 12.3. The number of benzene rings is 1. The van der Waals surface area contributed by atoms with Gasteiger partial charge in [0.2, 0.25) is 5.91 Å². The van der Waals surface area contributed by atoms with Crippen LogP contribution in [0.1, 0.15) is 57.6 Å². The second-order valence-corrected chi connectivity index (χ2v) is 9.37. The predicted molar refractivity (Wildman–Crippen MR) is 110 cm³/mol. The molecular formula is C22H35N3O. The minimum absolute atomic E-state index is 0.00546. The lowest BCUT2D eigenvalue weighted by atomic mass is 9.92. The quantitative estimate of drug-likeness (QED) is 0.873. The molecule has 1 aromatic rings. The molecule has 1 amide bonds. The number of nitrogens with one attached hydrogen (secondary N) is 1. The highest BCUT2D eigenvalue weighted by atomic mass is 16.1. The van der Waals surface area contributed by atoms with Crippen LogP contribution in [0, 0.1) is 19.3 Å². The summed E-state index contributed by atoms with van der Waals surface area (Å²) in [5, 5.41) is 3.14. The number of carbonyl (C=O) groups excluding carboxylic acids is 1. The highest BCUT2D eigenvalue weighted by Gasteiger charge is 2.29. The summed E-state index contributed by atoms with van der Waals surface area (Å²) in [5.74, 6) is 0.104. The SMILES string of the molecule is Cc1cc(N2CCN3CCCCC3C2)cc(C)c1NC(=O)CC(C)(C)C. The van der Waals surface area contributed by atoms with Crippen LogP contribution >= 0.6 is 0 Å². The maximum Gasteiger partial charge on any atom is 0.224 e. The summed E-state index contributed by atoms with van der Waals surface area (Å²) in [6, 6.07) is 5.21. The highest BCUT2D eigenvalue weighted by Crippen LogP contribution is 2.31. The predicted octanol–water partition coefficient (Wildman–Crippen LogP) is 4.35. The van der Waals surface area contributed by atoms with E-state index in [0.29, 0.717) is 12.5 Å². The number of amides is 1. The summed E-state index contributed by atoms with van der Waals surface area (Å²) in [7, 11) is 0. The fraction of sp³-hybridized carbons (Fsp3) is 0.682. The highest BCUT2D eigenvalue weighted by molar-refractivity contribution is 5.93. The minimum Gasteiger partial charge on any atom is -0.369 e. The first kappa shape index (κ1) is 19.2. The van der Waals surface area contributed by atoms with Crippen LogP contribution in [0.5, 0.6) is 0 Å². The van der Waals surface area contributed by atoms with E-state index in [0.717, 1.165) is 29.9 Å². The van der Waals surface area contributed by atoms with Gasteiger partial charge >= 0.3 is 0 Å². The first-order valence-electron chi connectivity index (χ1n) is 10.1. The number of carbonyl (C=O) groups is 1. The van der Waals surface area contributed by atoms with Crippen molar-refractivity contribution in [3.63, 3.8) is 0 Å². The van der Waals surface area contributed by atoms with Gasteiger partial charge in [0.1, 0.15) is 0 Å². The summed E-state index contributed by atoms with van der Waals surface area (Å²) in [5.41, 5.74) is 4.62. The molecule has 0 bridgehead atoms. The Balaban J connectivity index is 1.72. The summed E-state index contributed by atoms with van der Waals surface area (Å²) < 4.78 is 0. The number of nitrogens with zero attached hydrogens (tertiary/aromatic N) is 2. The number of rotatable bonds is 3. The fourth-order valence-corrected chi connectivity index (χ4v) is 4.38. The summed E-state index contributed by atoms with van der Waals surface area (Å²) in [6.45, 7) is 15.2. The van der Waals surface area contributed by atoms with Crippen LogP contribution < -0.4 is 10.2 Å². The van der Waals surface area contributed by atoms with Gasteiger partial charge in [-0.15, -0.1) is 0 Å². The molecular weight excluding hydrogens is 322 g/mol. The van der Waals surface area contributed by atoms with Crippen molar-refractivity contribution in [1.29, 1.82) is 0 Å². The smallest absolute Gasteiger partial charge is 0.224 e. The minimum atomic E-state index is 0.00546. The second-order valence-electron chi connectivity index (χ2n) is 9.37. The zero-order chi connectivity index (χ0) is 18.9. The zero-order valence-corrected chi connectivity index (χ0v) is 17.2. The molecule has 4 nitrogen and oxygen atoms in total. The molecule has 1 atom stereocenters. The van der Waals surface area contributed by atoms with Gasteiger partial charge in [0, 0.05) is 43.5 Å². The number of piperidine rings is 1. The number of fused-ring (bicyclic) bond motifs is 1. The van der Waals surface area contributed by atoms with Crippen LogP contribution in [0.4, 0.5) is 11.4 Å². The molecule has 0 aromatic heterocycles. The Morgan fingerprint density at radius 3 is 2.46 bits per heavy atom. The van der Waals surface area contributed by atoms with Crippen LogP contribution in [-0.4, -0.2) is 43.0 Å². The molecule has 2 saturated heterocycles. The number of anilines is 2. The van der Waals surface area contributed by atoms with Gasteiger partial charge < -0.3 is 10.2 Å². The van der Waals surface area contributed by atoms with E-state index in [4.69, 9.17) is 0 Å². The molecule has 0 radical (unpaired) electrons. The van der Waals surface area contributed by atoms with Gasteiger partial charge in [-0.3, -0.25) is 9.69 Å². The molecule has 26 heavy (non-hydrogen) atoms. The van der Waals surface area contributed by atoms with E-state index >= 15 is 0 Å². The lowest BCUT2D eigenvalue weighted by Crippen LogP contribution is -2.54. The van der Waals surface area contributed by atoms with Crippen LogP contribution in [0.15, 0.2) is 12.1 Å². The molecule has 0 aliphatic carbocycles. The van der Waals surface area contributed by atoms with Crippen molar-refractivity contribution in [3.05, 3.63) is 23.3 Å². The van der Waals surface area contributed by atoms with E-state index in [2.05, 4.69) is 61.9 Å². The van der Waals surface area contributed by atoms with E-state index in [1.54, 1.807) is 0 Å². The molecule has 3 rings (SSSR count). The zero-order valence-electron chi connectivity index (χ0n) is 17.2. The van der Waals surface area contributed by atoms with E-state index in [1.165, 1.54) is 38.0 Å². The maximum atomic E-state index is 12.3. The Hall–Kier alpha value is -1.55. The van der Waals surface area contributed by atoms with Crippen molar-refractivity contribution >= 4 is 17.3 Å². The van der Waals surface area contributed by atoms with Gasteiger partial charge in [-0.1, -0.05) is 27.2 Å². The molecule has 2 fully saturated rings. The topological polar surface area (TPSA) is 35.6 Å². The first-order valence-corrected chi connectivity index (χ1v) is 10.1. The first-order chi connectivity index (χ1) is 12.2. The Labute approximate surface area is 158 Å². The van der Waals surface area contributed by atoms with Gasteiger partial charge in [0.15, 0.2) is 0 Å². The van der Waals surface area contributed by atoms with Crippen molar-refractivity contribution in [3.8, 4) is 0 Å². The summed E-state index contributed by atoms with van der Waals surface area (Å²) >= 11 is 0. The van der Waals surface area contributed by atoms with Crippen LogP contribution in [-0.2, 0) is 4.79 Å². The number of aryl methyl sites for hydroxylation is 2. The van der Waals surface area contributed by atoms with E-state index in [9.17, 15) is 4.79 Å². The number of hydrogen-bond donors (Lipinski definition) is 1. The Morgan fingerprint density at radius 2 is 1.81 bits per heavy atom. The van der Waals surface area contributed by atoms with Crippen molar-refractivity contribution in [1.82, 2.24) is 4.90 Å². The van der Waals surface area contributed by atoms with Crippen molar-refractivity contribution in [2.45, 2.75) is 66.3 Å². The van der Waals surface area contributed by atoms with Gasteiger partial charge in [-0.25, -0.2) is 0 Å². The van der Waals surface area contributed by atoms with Crippen LogP contribution in [0.2, 0.25) is 0 Å². The molecule has 144 valence electrons. The molecule has 2 aliphatic rings. The molecule has 0 spiro atoms. The van der Waals surface area contributed by atoms with Crippen LogP contribution in [0.25, 0.3) is 0 Å². The largest absolute Gasteiger partial charge is 0.369 e. The summed E-state index contributed by atoms with van der Waals surface area (Å²) in [4.78, 5) is 17.6. The third-order valence-electron chi connectivity index (χ3n) is 5.68. The van der Waals surface area contributed by atoms with E-state index in [1.807, 2.05) is 0 Å². The Kier molecular flexibility index (Phi) is 5.61. The Bertz CT molecular complexity index is 639. The number of hydrogen-bond acceptors (Lipinski definition) is 3. The fourth-order valence-electron chi connectivity index (χ4n) is 4.38. The van der Waals surface area contributed by atoms with Crippen molar-refractivity contribution in [2.24, 2.45) is 5.41 Å². The summed E-state index contributed by atoms with van der Waals surface area (Å²) in [6.07, 6.45) is 4.59. The average Bonchev–Trinajstić information content (AvgIpc) is 2.56. The average molecular weight is 358 g/mol. The normalized spacial score (nSPS) is 21.4. The molecule has 4 heteroatoms. The molecule has 0 saturated carbocycles. The standard InChI is InChI=1S/C22H35N3O/c1-16-12-19(25-11-10-24-9-7-6-8-18(24)15-25)13-17(2)21(16)23-20(26)14-22(3,4)5/h12-13,18H,6-11,14-15H2,1-5H3,(H,23,26). The Morgan fingerprint density at radius 1 is 1.12 bits per heavy atom. The van der Waals surface area contributed by atoms with Gasteiger partial charge in [-0.2, -0.15) is 0 Å². The lowest BCUT2D eigenvalue weighted by molar-refractivity contribution is -0.117. The third kappa shape index (κ3) is 4.59. The van der Waals surface area contributed by atoms with E-state index in [-0.39, 0.29) is 11.3 Å². The molecule has 2 aliphatic heterocycles. The second kappa shape index (κ2) is 7.59. The molecule has 1 aromatic carbocycles.